The van der Waals surface area contributed by atoms with Crippen molar-refractivity contribution in [3.8, 4) is 0 Å². The summed E-state index contributed by atoms with van der Waals surface area (Å²) in [5.74, 6) is 0.000101. The van der Waals surface area contributed by atoms with Gasteiger partial charge in [-0.25, -0.2) is 4.79 Å². The molecule has 3 N–H and O–H groups in total. The Morgan fingerprint density at radius 1 is 1.00 bits per heavy atom. The van der Waals surface area contributed by atoms with Crippen LogP contribution < -0.4 is 10.6 Å². The molecule has 0 aliphatic heterocycles. The minimum Gasteiger partial charge on any atom is -0.361 e. The van der Waals surface area contributed by atoms with E-state index in [1.54, 1.807) is 11.8 Å². The fourth-order valence-corrected chi connectivity index (χ4v) is 3.02. The number of fused-ring (bicyclic) bond motifs is 1. The van der Waals surface area contributed by atoms with Crippen LogP contribution in [0.4, 0.5) is 10.5 Å². The number of rotatable bonds is 7. The van der Waals surface area contributed by atoms with Crippen LogP contribution in [0, 0.1) is 0 Å². The molecule has 140 valence electrons. The van der Waals surface area contributed by atoms with E-state index >= 15 is 0 Å². The number of carbonyl (C=O) groups is 2. The number of amides is 3. The Bertz CT molecular complexity index is 905. The maximum Gasteiger partial charge on any atom is 0.319 e. The Labute approximate surface area is 158 Å². The highest BCUT2D eigenvalue weighted by atomic mass is 16.2. The summed E-state index contributed by atoms with van der Waals surface area (Å²) in [5, 5.41) is 6.73. The van der Waals surface area contributed by atoms with E-state index in [-0.39, 0.29) is 11.9 Å². The van der Waals surface area contributed by atoms with Gasteiger partial charge in [0, 0.05) is 49.3 Å². The van der Waals surface area contributed by atoms with Crippen molar-refractivity contribution in [2.75, 3.05) is 25.0 Å². The third-order valence-corrected chi connectivity index (χ3v) is 4.47. The molecular formula is C21H24N4O2. The molecule has 2 aromatic carbocycles. The maximum absolute atomic E-state index is 11.9. The average molecular weight is 364 g/mol. The topological polar surface area (TPSA) is 77.2 Å². The summed E-state index contributed by atoms with van der Waals surface area (Å²) in [6, 6.07) is 17.1. The lowest BCUT2D eigenvalue weighted by Gasteiger charge is -2.21. The number of H-pyrrole nitrogens is 1. The predicted molar refractivity (Wildman–Crippen MR) is 108 cm³/mol. The molecule has 0 spiro atoms. The fraction of sp³-hybridized carbons (Fsp3) is 0.238. The van der Waals surface area contributed by atoms with Gasteiger partial charge in [0.1, 0.15) is 0 Å². The minimum atomic E-state index is -0.277. The Morgan fingerprint density at radius 2 is 1.74 bits per heavy atom. The molecule has 0 fully saturated rings. The quantitative estimate of drug-likeness (QED) is 0.601. The molecule has 0 radical (unpaired) electrons. The summed E-state index contributed by atoms with van der Waals surface area (Å²) in [6.07, 6.45) is 2.76. The lowest BCUT2D eigenvalue weighted by Crippen LogP contribution is -2.39. The summed E-state index contributed by atoms with van der Waals surface area (Å²) < 4.78 is 0. The first kappa shape index (κ1) is 18.5. The number of anilines is 1. The number of urea groups is 1. The third kappa shape index (κ3) is 5.10. The summed E-state index contributed by atoms with van der Waals surface area (Å²) >= 11 is 0. The zero-order valence-electron chi connectivity index (χ0n) is 15.4. The molecule has 3 rings (SSSR count). The number of hydrogen-bond donors (Lipinski definition) is 3. The third-order valence-electron chi connectivity index (χ3n) is 4.47. The Hall–Kier alpha value is -3.28. The normalized spacial score (nSPS) is 10.6. The van der Waals surface area contributed by atoms with Crippen molar-refractivity contribution in [2.45, 2.75) is 13.3 Å². The SMILES string of the molecule is CC(=O)N(CCNC(=O)Nc1ccccc1)CCc1c[nH]c2ccccc12. The first-order chi connectivity index (χ1) is 13.1. The van der Waals surface area contributed by atoms with E-state index < -0.39 is 0 Å². The largest absolute Gasteiger partial charge is 0.361 e. The van der Waals surface area contributed by atoms with Gasteiger partial charge in [-0.05, 0) is 30.2 Å². The predicted octanol–water partition coefficient (Wildman–Crippen LogP) is 3.38. The van der Waals surface area contributed by atoms with Crippen molar-refractivity contribution >= 4 is 28.5 Å². The van der Waals surface area contributed by atoms with Crippen molar-refractivity contribution < 1.29 is 9.59 Å². The van der Waals surface area contributed by atoms with E-state index in [1.807, 2.05) is 54.7 Å². The van der Waals surface area contributed by atoms with Crippen LogP contribution in [0.25, 0.3) is 10.9 Å². The average Bonchev–Trinajstić information content (AvgIpc) is 3.08. The van der Waals surface area contributed by atoms with Crippen LogP contribution in [-0.4, -0.2) is 41.5 Å². The molecular weight excluding hydrogens is 340 g/mol. The summed E-state index contributed by atoms with van der Waals surface area (Å²) in [5.41, 5.74) is 3.02. The van der Waals surface area contributed by atoms with Gasteiger partial charge in [-0.15, -0.1) is 0 Å². The van der Waals surface area contributed by atoms with Crippen molar-refractivity contribution in [2.24, 2.45) is 0 Å². The first-order valence-corrected chi connectivity index (χ1v) is 9.04. The molecule has 1 heterocycles. The first-order valence-electron chi connectivity index (χ1n) is 9.04. The molecule has 0 aliphatic rings. The van der Waals surface area contributed by atoms with Crippen molar-refractivity contribution in [3.63, 3.8) is 0 Å². The minimum absolute atomic E-state index is 0.000101. The van der Waals surface area contributed by atoms with E-state index in [0.29, 0.717) is 19.6 Å². The molecule has 0 aliphatic carbocycles. The molecule has 3 aromatic rings. The van der Waals surface area contributed by atoms with Gasteiger partial charge in [0.2, 0.25) is 5.91 Å². The molecule has 1 aromatic heterocycles. The van der Waals surface area contributed by atoms with E-state index in [2.05, 4.69) is 21.7 Å². The van der Waals surface area contributed by atoms with Gasteiger partial charge in [-0.3, -0.25) is 4.79 Å². The number of aromatic nitrogens is 1. The van der Waals surface area contributed by atoms with Crippen molar-refractivity contribution in [3.05, 3.63) is 66.4 Å². The van der Waals surface area contributed by atoms with Gasteiger partial charge in [0.25, 0.3) is 0 Å². The highest BCUT2D eigenvalue weighted by Crippen LogP contribution is 2.18. The molecule has 6 nitrogen and oxygen atoms in total. The standard InChI is InChI=1S/C21H24N4O2/c1-16(26)25(13-11-17-15-23-20-10-6-5-9-19(17)20)14-12-22-21(27)24-18-7-3-2-4-8-18/h2-10,15,23H,11-14H2,1H3,(H2,22,24,27). The van der Waals surface area contributed by atoms with Gasteiger partial charge in [0.05, 0.1) is 0 Å². The number of nitrogens with zero attached hydrogens (tertiary/aromatic N) is 1. The second kappa shape index (κ2) is 8.89. The fourth-order valence-electron chi connectivity index (χ4n) is 3.02. The van der Waals surface area contributed by atoms with E-state index in [9.17, 15) is 9.59 Å². The Balaban J connectivity index is 1.48. The van der Waals surface area contributed by atoms with Crippen molar-refractivity contribution in [1.29, 1.82) is 0 Å². The van der Waals surface area contributed by atoms with Crippen LogP contribution >= 0.6 is 0 Å². The van der Waals surface area contributed by atoms with Crippen LogP contribution in [0.5, 0.6) is 0 Å². The highest BCUT2D eigenvalue weighted by Gasteiger charge is 2.11. The molecule has 3 amide bonds. The lowest BCUT2D eigenvalue weighted by atomic mass is 10.1. The van der Waals surface area contributed by atoms with E-state index in [1.165, 1.54) is 10.9 Å². The smallest absolute Gasteiger partial charge is 0.319 e. The molecule has 0 unspecified atom stereocenters. The molecule has 0 atom stereocenters. The number of carbonyl (C=O) groups excluding carboxylic acids is 2. The highest BCUT2D eigenvalue weighted by molar-refractivity contribution is 5.89. The zero-order valence-corrected chi connectivity index (χ0v) is 15.4. The van der Waals surface area contributed by atoms with Gasteiger partial charge >= 0.3 is 6.03 Å². The Kier molecular flexibility index (Phi) is 6.10. The molecule has 0 saturated heterocycles. The molecule has 6 heteroatoms. The van der Waals surface area contributed by atoms with E-state index in [4.69, 9.17) is 0 Å². The second-order valence-corrected chi connectivity index (χ2v) is 6.36. The number of nitrogens with one attached hydrogen (secondary N) is 3. The summed E-state index contributed by atoms with van der Waals surface area (Å²) in [4.78, 5) is 28.9. The van der Waals surface area contributed by atoms with Gasteiger partial charge in [-0.2, -0.15) is 0 Å². The van der Waals surface area contributed by atoms with Gasteiger partial charge in [-0.1, -0.05) is 36.4 Å². The van der Waals surface area contributed by atoms with Crippen LogP contribution in [-0.2, 0) is 11.2 Å². The molecule has 0 bridgehead atoms. The van der Waals surface area contributed by atoms with Crippen LogP contribution in [0.1, 0.15) is 12.5 Å². The zero-order chi connectivity index (χ0) is 19.1. The summed E-state index contributed by atoms with van der Waals surface area (Å²) in [7, 11) is 0. The number of para-hydroxylation sites is 2. The molecule has 27 heavy (non-hydrogen) atoms. The van der Waals surface area contributed by atoms with Crippen LogP contribution in [0.15, 0.2) is 60.8 Å². The molecule has 0 saturated carbocycles. The summed E-state index contributed by atoms with van der Waals surface area (Å²) in [6.45, 7) is 3.03. The lowest BCUT2D eigenvalue weighted by molar-refractivity contribution is -0.128. The number of benzene rings is 2. The Morgan fingerprint density at radius 3 is 2.52 bits per heavy atom. The number of aromatic amines is 1. The van der Waals surface area contributed by atoms with Crippen molar-refractivity contribution in [1.82, 2.24) is 15.2 Å². The maximum atomic E-state index is 11.9. The van der Waals surface area contributed by atoms with Gasteiger partial charge in [0.15, 0.2) is 0 Å². The van der Waals surface area contributed by atoms with Crippen LogP contribution in [0.2, 0.25) is 0 Å². The number of hydrogen-bond acceptors (Lipinski definition) is 2. The van der Waals surface area contributed by atoms with Gasteiger partial charge < -0.3 is 20.5 Å². The van der Waals surface area contributed by atoms with Crippen LogP contribution in [0.3, 0.4) is 0 Å². The monoisotopic (exact) mass is 364 g/mol. The second-order valence-electron chi connectivity index (χ2n) is 6.36. The van der Waals surface area contributed by atoms with E-state index in [0.717, 1.165) is 17.6 Å².